The fraction of sp³-hybridized carbons (Fsp3) is 0.417. The van der Waals surface area contributed by atoms with Crippen molar-refractivity contribution in [2.24, 2.45) is 0 Å². The molecule has 2 aromatic heterocycles. The highest BCUT2D eigenvalue weighted by molar-refractivity contribution is 7.09. The van der Waals surface area contributed by atoms with Gasteiger partial charge >= 0.3 is 0 Å². The zero-order valence-electron chi connectivity index (χ0n) is 18.2. The Morgan fingerprint density at radius 2 is 2.19 bits per heavy atom. The van der Waals surface area contributed by atoms with Gasteiger partial charge in [0.15, 0.2) is 6.10 Å². The molecular formula is C24H28N4O3S. The molecule has 0 radical (unpaired) electrons. The van der Waals surface area contributed by atoms with Crippen LogP contribution in [0, 0.1) is 0 Å². The molecule has 0 aliphatic carbocycles. The van der Waals surface area contributed by atoms with E-state index in [1.54, 1.807) is 18.4 Å². The van der Waals surface area contributed by atoms with Gasteiger partial charge in [0.25, 0.3) is 5.91 Å². The summed E-state index contributed by atoms with van der Waals surface area (Å²) in [5.41, 5.74) is 0.486. The van der Waals surface area contributed by atoms with E-state index in [9.17, 15) is 4.79 Å². The van der Waals surface area contributed by atoms with E-state index < -0.39 is 11.7 Å². The van der Waals surface area contributed by atoms with Crippen LogP contribution in [0.15, 0.2) is 54.2 Å². The first kappa shape index (κ1) is 21.2. The lowest BCUT2D eigenvalue weighted by molar-refractivity contribution is -0.174. The number of hydrogen-bond donors (Lipinski definition) is 1. The average molecular weight is 453 g/mol. The Morgan fingerprint density at radius 1 is 1.31 bits per heavy atom. The minimum Gasteiger partial charge on any atom is -0.497 e. The lowest BCUT2D eigenvalue weighted by atomic mass is 9.88. The number of amides is 1. The fourth-order valence-corrected chi connectivity index (χ4v) is 5.40. The number of imidazole rings is 1. The number of fused-ring (bicyclic) bond motifs is 2. The predicted octanol–water partition coefficient (Wildman–Crippen LogP) is 3.16. The van der Waals surface area contributed by atoms with Crippen molar-refractivity contribution in [3.63, 3.8) is 0 Å². The number of benzene rings is 1. The number of methoxy groups -OCH3 is 1. The number of nitrogens with one attached hydrogen (secondary N) is 1. The first-order valence-electron chi connectivity index (χ1n) is 11.0. The topological polar surface area (TPSA) is 68.6 Å². The Hall–Kier alpha value is -2.68. The molecule has 32 heavy (non-hydrogen) atoms. The molecule has 1 saturated heterocycles. The normalized spacial score (nSPS) is 20.1. The van der Waals surface area contributed by atoms with Crippen LogP contribution in [0.2, 0.25) is 0 Å². The first-order valence-corrected chi connectivity index (χ1v) is 11.9. The Labute approximate surface area is 192 Å². The number of piperidine rings is 1. The minimum atomic E-state index is -0.536. The SMILES string of the molecule is COc1cccc(CNC(=O)[C@@H]2Cn3ccnc3C3(CCN(Cc4cccs4)CC3)O2)c1. The van der Waals surface area contributed by atoms with Gasteiger partial charge in [0.05, 0.1) is 13.7 Å². The van der Waals surface area contributed by atoms with Crippen LogP contribution in [0.25, 0.3) is 0 Å². The van der Waals surface area contributed by atoms with E-state index in [4.69, 9.17) is 9.47 Å². The van der Waals surface area contributed by atoms with Gasteiger partial charge in [-0.3, -0.25) is 9.69 Å². The third-order valence-electron chi connectivity index (χ3n) is 6.37. The van der Waals surface area contributed by atoms with Crippen LogP contribution in [0.3, 0.4) is 0 Å². The van der Waals surface area contributed by atoms with Gasteiger partial charge in [0.2, 0.25) is 0 Å². The Kier molecular flexibility index (Phi) is 5.99. The zero-order valence-corrected chi connectivity index (χ0v) is 19.0. The van der Waals surface area contributed by atoms with Crippen LogP contribution in [0.4, 0.5) is 0 Å². The van der Waals surface area contributed by atoms with Crippen molar-refractivity contribution in [1.29, 1.82) is 0 Å². The number of carbonyl (C=O) groups excluding carboxylic acids is 1. The predicted molar refractivity (Wildman–Crippen MR) is 122 cm³/mol. The van der Waals surface area contributed by atoms with E-state index in [-0.39, 0.29) is 5.91 Å². The molecule has 0 unspecified atom stereocenters. The largest absolute Gasteiger partial charge is 0.497 e. The summed E-state index contributed by atoms with van der Waals surface area (Å²) in [7, 11) is 1.64. The Bertz CT molecular complexity index is 1060. The summed E-state index contributed by atoms with van der Waals surface area (Å²) in [6, 6.07) is 12.0. The van der Waals surface area contributed by atoms with Gasteiger partial charge in [-0.2, -0.15) is 0 Å². The molecule has 8 heteroatoms. The van der Waals surface area contributed by atoms with Crippen LogP contribution >= 0.6 is 11.3 Å². The van der Waals surface area contributed by atoms with Crippen molar-refractivity contribution in [3.8, 4) is 5.75 Å². The lowest BCUT2D eigenvalue weighted by Crippen LogP contribution is -2.53. The van der Waals surface area contributed by atoms with E-state index >= 15 is 0 Å². The fourth-order valence-electron chi connectivity index (χ4n) is 4.66. The van der Waals surface area contributed by atoms with E-state index in [1.807, 2.05) is 36.7 Å². The number of aromatic nitrogens is 2. The summed E-state index contributed by atoms with van der Waals surface area (Å²) in [5, 5.41) is 5.16. The molecule has 5 rings (SSSR count). The molecular weight excluding hydrogens is 424 g/mol. The highest BCUT2D eigenvalue weighted by Gasteiger charge is 2.47. The van der Waals surface area contributed by atoms with Crippen LogP contribution in [0.1, 0.15) is 29.1 Å². The quantitative estimate of drug-likeness (QED) is 0.622. The van der Waals surface area contributed by atoms with Crippen molar-refractivity contribution in [2.75, 3.05) is 20.2 Å². The minimum absolute atomic E-state index is 0.0902. The monoisotopic (exact) mass is 452 g/mol. The second kappa shape index (κ2) is 9.05. The van der Waals surface area contributed by atoms with Crippen molar-refractivity contribution in [2.45, 2.75) is 44.2 Å². The molecule has 7 nitrogen and oxygen atoms in total. The third kappa shape index (κ3) is 4.30. The average Bonchev–Trinajstić information content (AvgIpc) is 3.52. The zero-order chi connectivity index (χ0) is 22.0. The summed E-state index contributed by atoms with van der Waals surface area (Å²) in [6.07, 6.45) is 4.89. The maximum absolute atomic E-state index is 13.0. The second-order valence-corrected chi connectivity index (χ2v) is 9.46. The highest BCUT2D eigenvalue weighted by atomic mass is 32.1. The summed E-state index contributed by atoms with van der Waals surface area (Å²) in [6.45, 7) is 3.73. The number of nitrogens with zero attached hydrogens (tertiary/aromatic N) is 3. The van der Waals surface area contributed by atoms with Gasteiger partial charge in [-0.25, -0.2) is 4.98 Å². The summed E-state index contributed by atoms with van der Waals surface area (Å²) >= 11 is 1.79. The second-order valence-electron chi connectivity index (χ2n) is 8.43. The number of likely N-dealkylation sites (tertiary alicyclic amines) is 1. The maximum Gasteiger partial charge on any atom is 0.251 e. The van der Waals surface area contributed by atoms with Crippen LogP contribution in [-0.4, -0.2) is 46.7 Å². The molecule has 4 heterocycles. The van der Waals surface area contributed by atoms with Crippen molar-refractivity contribution < 1.29 is 14.3 Å². The van der Waals surface area contributed by atoms with Gasteiger partial charge in [-0.05, 0) is 42.0 Å². The molecule has 1 aromatic carbocycles. The number of thiophene rings is 1. The molecule has 1 spiro atoms. The smallest absolute Gasteiger partial charge is 0.251 e. The standard InChI is InChI=1S/C24H28N4O3S/c1-30-19-5-2-4-18(14-19)15-26-22(29)21-17-28-12-9-25-23(28)24(31-21)7-10-27(11-8-24)16-20-6-3-13-32-20/h2-6,9,12-14,21H,7-8,10-11,15-17H2,1H3,(H,26,29)/t21-/m0/s1. The molecule has 1 atom stereocenters. The van der Waals surface area contributed by atoms with Gasteiger partial charge in [-0.15, -0.1) is 11.3 Å². The van der Waals surface area contributed by atoms with Crippen LogP contribution in [0.5, 0.6) is 5.75 Å². The first-order chi connectivity index (χ1) is 15.6. The molecule has 0 bridgehead atoms. The Morgan fingerprint density at radius 3 is 2.97 bits per heavy atom. The molecule has 0 saturated carbocycles. The maximum atomic E-state index is 13.0. The van der Waals surface area contributed by atoms with E-state index in [1.165, 1.54) is 4.88 Å². The van der Waals surface area contributed by atoms with Gasteiger partial charge < -0.3 is 19.4 Å². The molecule has 168 valence electrons. The van der Waals surface area contributed by atoms with E-state index in [2.05, 4.69) is 37.3 Å². The summed E-state index contributed by atoms with van der Waals surface area (Å²) < 4.78 is 13.9. The van der Waals surface area contributed by atoms with Crippen molar-refractivity contribution in [1.82, 2.24) is 19.8 Å². The Balaban J connectivity index is 1.25. The molecule has 1 fully saturated rings. The molecule has 2 aliphatic rings. The number of hydrogen-bond acceptors (Lipinski definition) is 6. The van der Waals surface area contributed by atoms with Gasteiger partial charge in [-0.1, -0.05) is 18.2 Å². The van der Waals surface area contributed by atoms with Gasteiger partial charge in [0.1, 0.15) is 17.2 Å². The molecule has 1 amide bonds. The molecule has 1 N–H and O–H groups in total. The lowest BCUT2D eigenvalue weighted by Gasteiger charge is -2.45. The third-order valence-corrected chi connectivity index (χ3v) is 7.23. The van der Waals surface area contributed by atoms with Crippen LogP contribution in [-0.2, 0) is 34.8 Å². The van der Waals surface area contributed by atoms with E-state index in [0.717, 1.165) is 49.6 Å². The summed E-state index contributed by atoms with van der Waals surface area (Å²) in [4.78, 5) is 21.5. The molecule has 3 aromatic rings. The number of ether oxygens (including phenoxy) is 2. The van der Waals surface area contributed by atoms with Crippen molar-refractivity contribution >= 4 is 17.2 Å². The van der Waals surface area contributed by atoms with Gasteiger partial charge in [0, 0.05) is 43.4 Å². The van der Waals surface area contributed by atoms with Crippen molar-refractivity contribution in [3.05, 3.63) is 70.4 Å². The summed E-state index contributed by atoms with van der Waals surface area (Å²) in [5.74, 6) is 1.64. The van der Waals surface area contributed by atoms with E-state index in [0.29, 0.717) is 13.1 Å². The van der Waals surface area contributed by atoms with Crippen LogP contribution < -0.4 is 10.1 Å². The highest BCUT2D eigenvalue weighted by Crippen LogP contribution is 2.40. The number of rotatable bonds is 6. The molecule has 2 aliphatic heterocycles. The number of carbonyl (C=O) groups is 1.